The molecule has 6 nitrogen and oxygen atoms in total. The minimum absolute atomic E-state index is 0.133. The van der Waals surface area contributed by atoms with E-state index in [1.807, 2.05) is 13.1 Å². The predicted molar refractivity (Wildman–Crippen MR) is 75.4 cm³/mol. The van der Waals surface area contributed by atoms with E-state index in [1.165, 1.54) is 7.11 Å². The molecule has 0 radical (unpaired) electrons. The molecule has 0 saturated carbocycles. The highest BCUT2D eigenvalue weighted by Gasteiger charge is 2.18. The van der Waals surface area contributed by atoms with Gasteiger partial charge in [-0.25, -0.2) is 9.97 Å². The number of anilines is 2. The summed E-state index contributed by atoms with van der Waals surface area (Å²) in [5.41, 5.74) is -0.133. The van der Waals surface area contributed by atoms with Crippen LogP contribution >= 0.6 is 0 Å². The fourth-order valence-electron chi connectivity index (χ4n) is 1.40. The van der Waals surface area contributed by atoms with E-state index in [4.69, 9.17) is 0 Å². The average molecular weight is 266 g/mol. The number of nitrogens with zero attached hydrogens (tertiary/aromatic N) is 2. The number of methoxy groups -OCH3 is 1. The van der Waals surface area contributed by atoms with Crippen molar-refractivity contribution in [3.63, 3.8) is 0 Å². The number of hydrogen-bond donors (Lipinski definition) is 2. The molecule has 2 N–H and O–H groups in total. The molecular formula is C13H22N4O2. The van der Waals surface area contributed by atoms with E-state index in [-0.39, 0.29) is 11.4 Å². The molecule has 1 aromatic heterocycles. The van der Waals surface area contributed by atoms with Crippen molar-refractivity contribution in [2.24, 2.45) is 0 Å². The van der Waals surface area contributed by atoms with Gasteiger partial charge in [-0.3, -0.25) is 4.79 Å². The van der Waals surface area contributed by atoms with Gasteiger partial charge in [-0.2, -0.15) is 0 Å². The van der Waals surface area contributed by atoms with Gasteiger partial charge in [0.1, 0.15) is 17.5 Å². The molecule has 6 heteroatoms. The topological polar surface area (TPSA) is 76.1 Å². The Balaban J connectivity index is 2.80. The molecule has 1 rings (SSSR count). The van der Waals surface area contributed by atoms with Crippen molar-refractivity contribution >= 4 is 17.6 Å². The molecule has 0 fully saturated rings. The first-order valence-corrected chi connectivity index (χ1v) is 6.25. The SMILES string of the molecule is CNc1cc(NCCC(=O)OC)nc(C(C)(C)C)n1. The summed E-state index contributed by atoms with van der Waals surface area (Å²) in [6.45, 7) is 6.65. The molecule has 0 atom stereocenters. The normalized spacial score (nSPS) is 11.0. The summed E-state index contributed by atoms with van der Waals surface area (Å²) in [5.74, 6) is 1.96. The van der Waals surface area contributed by atoms with Gasteiger partial charge in [0.2, 0.25) is 0 Å². The minimum atomic E-state index is -0.244. The van der Waals surface area contributed by atoms with E-state index in [2.05, 4.69) is 46.1 Å². The van der Waals surface area contributed by atoms with Crippen molar-refractivity contribution in [3.05, 3.63) is 11.9 Å². The molecule has 0 spiro atoms. The largest absolute Gasteiger partial charge is 0.469 e. The van der Waals surface area contributed by atoms with Crippen LogP contribution in [0, 0.1) is 0 Å². The van der Waals surface area contributed by atoms with Crippen LogP contribution < -0.4 is 10.6 Å². The Bertz CT molecular complexity index is 441. The van der Waals surface area contributed by atoms with Crippen LogP contribution in [0.3, 0.4) is 0 Å². The van der Waals surface area contributed by atoms with Crippen LogP contribution in [-0.2, 0) is 14.9 Å². The van der Waals surface area contributed by atoms with Gasteiger partial charge in [-0.1, -0.05) is 20.8 Å². The lowest BCUT2D eigenvalue weighted by Gasteiger charge is -2.18. The summed E-state index contributed by atoms with van der Waals surface area (Å²) in [6.07, 6.45) is 0.306. The average Bonchev–Trinajstić information content (AvgIpc) is 2.37. The minimum Gasteiger partial charge on any atom is -0.469 e. The fraction of sp³-hybridized carbons (Fsp3) is 0.615. The van der Waals surface area contributed by atoms with E-state index < -0.39 is 0 Å². The molecule has 1 heterocycles. The molecule has 0 aliphatic carbocycles. The molecule has 0 bridgehead atoms. The predicted octanol–water partition coefficient (Wildman–Crippen LogP) is 1.79. The molecule has 0 aromatic carbocycles. The van der Waals surface area contributed by atoms with Crippen molar-refractivity contribution in [3.8, 4) is 0 Å². The van der Waals surface area contributed by atoms with E-state index in [0.29, 0.717) is 18.8 Å². The summed E-state index contributed by atoms with van der Waals surface area (Å²) in [5, 5.41) is 6.11. The smallest absolute Gasteiger partial charge is 0.307 e. The van der Waals surface area contributed by atoms with Gasteiger partial charge in [-0.05, 0) is 0 Å². The first-order chi connectivity index (χ1) is 8.86. The molecule has 0 unspecified atom stereocenters. The first kappa shape index (κ1) is 15.2. The molecule has 0 aliphatic heterocycles. The Morgan fingerprint density at radius 1 is 1.32 bits per heavy atom. The maximum absolute atomic E-state index is 11.0. The summed E-state index contributed by atoms with van der Waals surface area (Å²) < 4.78 is 4.59. The van der Waals surface area contributed by atoms with Gasteiger partial charge in [0.05, 0.1) is 13.5 Å². The maximum atomic E-state index is 11.0. The monoisotopic (exact) mass is 266 g/mol. The Labute approximate surface area is 114 Å². The van der Waals surface area contributed by atoms with Crippen molar-refractivity contribution < 1.29 is 9.53 Å². The number of ether oxygens (including phenoxy) is 1. The third-order valence-corrected chi connectivity index (χ3v) is 2.52. The zero-order chi connectivity index (χ0) is 14.5. The van der Waals surface area contributed by atoms with Crippen molar-refractivity contribution in [1.29, 1.82) is 0 Å². The lowest BCUT2D eigenvalue weighted by Crippen LogP contribution is -2.19. The van der Waals surface area contributed by atoms with Gasteiger partial charge >= 0.3 is 5.97 Å². The molecular weight excluding hydrogens is 244 g/mol. The van der Waals surface area contributed by atoms with Gasteiger partial charge in [-0.15, -0.1) is 0 Å². The van der Waals surface area contributed by atoms with Crippen LogP contribution in [0.2, 0.25) is 0 Å². The Kier molecular flexibility index (Phi) is 5.09. The van der Waals surface area contributed by atoms with Crippen LogP contribution in [0.4, 0.5) is 11.6 Å². The van der Waals surface area contributed by atoms with Crippen LogP contribution in [0.15, 0.2) is 6.07 Å². The number of aromatic nitrogens is 2. The molecule has 0 saturated heterocycles. The lowest BCUT2D eigenvalue weighted by atomic mass is 9.96. The van der Waals surface area contributed by atoms with Crippen molar-refractivity contribution in [2.75, 3.05) is 31.3 Å². The number of rotatable bonds is 5. The lowest BCUT2D eigenvalue weighted by molar-refractivity contribution is -0.140. The fourth-order valence-corrected chi connectivity index (χ4v) is 1.40. The molecule has 0 amide bonds. The Morgan fingerprint density at radius 2 is 1.95 bits per heavy atom. The number of hydrogen-bond acceptors (Lipinski definition) is 6. The third-order valence-electron chi connectivity index (χ3n) is 2.52. The number of esters is 1. The van der Waals surface area contributed by atoms with Gasteiger partial charge < -0.3 is 15.4 Å². The number of carbonyl (C=O) groups is 1. The second-order valence-electron chi connectivity index (χ2n) is 5.21. The van der Waals surface area contributed by atoms with Crippen molar-refractivity contribution in [1.82, 2.24) is 9.97 Å². The zero-order valence-electron chi connectivity index (χ0n) is 12.2. The van der Waals surface area contributed by atoms with Gasteiger partial charge in [0, 0.05) is 25.1 Å². The van der Waals surface area contributed by atoms with Crippen LogP contribution in [0.1, 0.15) is 33.0 Å². The highest BCUT2D eigenvalue weighted by molar-refractivity contribution is 5.69. The Morgan fingerprint density at radius 3 is 2.47 bits per heavy atom. The van der Waals surface area contributed by atoms with E-state index in [0.717, 1.165) is 11.6 Å². The van der Waals surface area contributed by atoms with E-state index in [1.54, 1.807) is 0 Å². The summed E-state index contributed by atoms with van der Waals surface area (Å²) in [7, 11) is 3.19. The molecule has 0 aliphatic rings. The highest BCUT2D eigenvalue weighted by Crippen LogP contribution is 2.22. The third kappa shape index (κ3) is 4.73. The second kappa shape index (κ2) is 6.36. The van der Waals surface area contributed by atoms with E-state index in [9.17, 15) is 4.79 Å². The summed E-state index contributed by atoms with van der Waals surface area (Å²) in [4.78, 5) is 19.9. The summed E-state index contributed by atoms with van der Waals surface area (Å²) in [6, 6.07) is 1.81. The van der Waals surface area contributed by atoms with Crippen LogP contribution in [0.25, 0.3) is 0 Å². The molecule has 106 valence electrons. The highest BCUT2D eigenvalue weighted by atomic mass is 16.5. The van der Waals surface area contributed by atoms with Crippen molar-refractivity contribution in [2.45, 2.75) is 32.6 Å². The molecule has 19 heavy (non-hydrogen) atoms. The molecule has 1 aromatic rings. The second-order valence-corrected chi connectivity index (χ2v) is 5.21. The first-order valence-electron chi connectivity index (χ1n) is 6.25. The quantitative estimate of drug-likeness (QED) is 0.791. The van der Waals surface area contributed by atoms with Gasteiger partial charge in [0.15, 0.2) is 0 Å². The zero-order valence-corrected chi connectivity index (χ0v) is 12.2. The van der Waals surface area contributed by atoms with Crippen LogP contribution in [0.5, 0.6) is 0 Å². The standard InChI is InChI=1S/C13H22N4O2/c1-13(2,3)12-16-9(14-4)8-10(17-12)15-7-6-11(18)19-5/h8H,6-7H2,1-5H3,(H2,14,15,16,17). The van der Waals surface area contributed by atoms with E-state index >= 15 is 0 Å². The summed E-state index contributed by atoms with van der Waals surface area (Å²) >= 11 is 0. The van der Waals surface area contributed by atoms with Gasteiger partial charge in [0.25, 0.3) is 0 Å². The number of nitrogens with one attached hydrogen (secondary N) is 2. The van der Waals surface area contributed by atoms with Crippen LogP contribution in [-0.4, -0.2) is 36.6 Å². The Hall–Kier alpha value is -1.85. The maximum Gasteiger partial charge on any atom is 0.307 e. The number of carbonyl (C=O) groups excluding carboxylic acids is 1.